The second-order valence-corrected chi connectivity index (χ2v) is 5.76. The van der Waals surface area contributed by atoms with E-state index in [1.807, 2.05) is 0 Å². The summed E-state index contributed by atoms with van der Waals surface area (Å²) in [5.41, 5.74) is -1.05. The molecule has 0 unspecified atom stereocenters. The van der Waals surface area contributed by atoms with Gasteiger partial charge in [-0.05, 0) is 26.3 Å². The number of amides is 1. The minimum Gasteiger partial charge on any atom is -0.479 e. The molecule has 3 N–H and O–H groups in total. The molecule has 0 aliphatic rings. The number of aliphatic hydroxyl groups excluding tert-OH is 1. The third-order valence-corrected chi connectivity index (χ3v) is 2.68. The van der Waals surface area contributed by atoms with E-state index in [2.05, 4.69) is 5.32 Å². The summed E-state index contributed by atoms with van der Waals surface area (Å²) in [5, 5.41) is 31.8. The zero-order valence-corrected chi connectivity index (χ0v) is 12.8. The topological polar surface area (TPSA) is 139 Å². The Kier molecular flexibility index (Phi) is 5.63. The number of nitrogens with zero attached hydrogens (tertiary/aromatic N) is 1. The second kappa shape index (κ2) is 7.05. The van der Waals surface area contributed by atoms with Crippen LogP contribution >= 0.6 is 0 Å². The summed E-state index contributed by atoms with van der Waals surface area (Å²) in [5.74, 6) is -1.59. The van der Waals surface area contributed by atoms with Gasteiger partial charge in [-0.25, -0.2) is 9.59 Å². The zero-order chi connectivity index (χ0) is 17.8. The fourth-order valence-electron chi connectivity index (χ4n) is 1.75. The molecule has 0 aliphatic heterocycles. The van der Waals surface area contributed by atoms with E-state index >= 15 is 0 Å². The van der Waals surface area contributed by atoms with Crippen LogP contribution in [0.3, 0.4) is 0 Å². The van der Waals surface area contributed by atoms with Crippen molar-refractivity contribution in [1.82, 2.24) is 5.32 Å². The summed E-state index contributed by atoms with van der Waals surface area (Å²) >= 11 is 0. The van der Waals surface area contributed by atoms with Crippen LogP contribution in [-0.2, 0) is 9.53 Å². The number of nitrogens with one attached hydrogen (secondary N) is 1. The number of hydrogen-bond donors (Lipinski definition) is 3. The van der Waals surface area contributed by atoms with E-state index in [0.29, 0.717) is 0 Å². The van der Waals surface area contributed by atoms with Gasteiger partial charge < -0.3 is 20.3 Å². The van der Waals surface area contributed by atoms with Crippen LogP contribution in [-0.4, -0.2) is 38.9 Å². The van der Waals surface area contributed by atoms with E-state index in [4.69, 9.17) is 9.84 Å². The Balaban J connectivity index is 3.11. The first-order valence-corrected chi connectivity index (χ1v) is 6.66. The van der Waals surface area contributed by atoms with Crippen molar-refractivity contribution in [2.75, 3.05) is 0 Å². The fourth-order valence-corrected chi connectivity index (χ4v) is 1.75. The van der Waals surface area contributed by atoms with Crippen molar-refractivity contribution in [3.8, 4) is 0 Å². The van der Waals surface area contributed by atoms with Gasteiger partial charge in [0.2, 0.25) is 0 Å². The van der Waals surface area contributed by atoms with Crippen LogP contribution in [0.25, 0.3) is 0 Å². The van der Waals surface area contributed by atoms with E-state index in [0.717, 1.165) is 6.07 Å². The van der Waals surface area contributed by atoms with Gasteiger partial charge in [0, 0.05) is 12.1 Å². The van der Waals surface area contributed by atoms with Gasteiger partial charge in [-0.15, -0.1) is 0 Å². The standard InChI is InChI=1S/C14H18N2O7/c1-14(2,3)23-13(20)15-10(11(17)12(18)19)8-5-4-6-9(7-8)16(21)22/h4-7,10-11,17H,1-3H3,(H,15,20)(H,18,19)/t10-,11-/m0/s1. The van der Waals surface area contributed by atoms with Crippen LogP contribution in [0.1, 0.15) is 32.4 Å². The van der Waals surface area contributed by atoms with Gasteiger partial charge >= 0.3 is 12.1 Å². The number of nitro benzene ring substituents is 1. The van der Waals surface area contributed by atoms with Crippen molar-refractivity contribution in [1.29, 1.82) is 0 Å². The SMILES string of the molecule is CC(C)(C)OC(=O)N[C@@H](c1cccc([N+](=O)[O-])c1)[C@H](O)C(=O)O. The van der Waals surface area contributed by atoms with Gasteiger partial charge in [0.1, 0.15) is 5.60 Å². The molecule has 126 valence electrons. The monoisotopic (exact) mass is 326 g/mol. The second-order valence-electron chi connectivity index (χ2n) is 5.76. The van der Waals surface area contributed by atoms with Crippen LogP contribution in [0.2, 0.25) is 0 Å². The molecule has 9 heteroatoms. The van der Waals surface area contributed by atoms with Gasteiger partial charge in [-0.1, -0.05) is 12.1 Å². The number of nitro groups is 1. The summed E-state index contributed by atoms with van der Waals surface area (Å²) in [6.45, 7) is 4.84. The Morgan fingerprint density at radius 1 is 1.35 bits per heavy atom. The number of ether oxygens (including phenoxy) is 1. The first-order valence-electron chi connectivity index (χ1n) is 6.66. The number of aliphatic carboxylic acids is 1. The minimum atomic E-state index is -2.00. The molecule has 1 aromatic rings. The lowest BCUT2D eigenvalue weighted by Crippen LogP contribution is -2.42. The summed E-state index contributed by atoms with van der Waals surface area (Å²) < 4.78 is 5.01. The molecule has 0 fully saturated rings. The fraction of sp³-hybridized carbons (Fsp3) is 0.429. The highest BCUT2D eigenvalue weighted by molar-refractivity contribution is 5.76. The Hall–Kier alpha value is -2.68. The molecule has 1 amide bonds. The largest absolute Gasteiger partial charge is 0.479 e. The van der Waals surface area contributed by atoms with Crippen LogP contribution < -0.4 is 5.32 Å². The smallest absolute Gasteiger partial charge is 0.408 e. The molecule has 2 atom stereocenters. The number of alkyl carbamates (subject to hydrolysis) is 1. The number of aliphatic hydroxyl groups is 1. The molecule has 0 aromatic heterocycles. The first-order chi connectivity index (χ1) is 10.5. The maximum Gasteiger partial charge on any atom is 0.408 e. The molecule has 9 nitrogen and oxygen atoms in total. The number of hydrogen-bond acceptors (Lipinski definition) is 6. The summed E-state index contributed by atoms with van der Waals surface area (Å²) in [6, 6.07) is 3.57. The molecule has 0 spiro atoms. The summed E-state index contributed by atoms with van der Waals surface area (Å²) in [6.07, 6.45) is -2.95. The Morgan fingerprint density at radius 3 is 2.43 bits per heavy atom. The average Bonchev–Trinajstić information content (AvgIpc) is 2.42. The highest BCUT2D eigenvalue weighted by atomic mass is 16.6. The van der Waals surface area contributed by atoms with Crippen molar-refractivity contribution < 1.29 is 29.5 Å². The van der Waals surface area contributed by atoms with Crippen LogP contribution in [0.4, 0.5) is 10.5 Å². The van der Waals surface area contributed by atoms with E-state index < -0.39 is 34.7 Å². The molecule has 0 saturated carbocycles. The maximum atomic E-state index is 11.8. The Bertz CT molecular complexity index is 609. The van der Waals surface area contributed by atoms with Crippen molar-refractivity contribution in [3.63, 3.8) is 0 Å². The summed E-state index contributed by atoms with van der Waals surface area (Å²) in [7, 11) is 0. The lowest BCUT2D eigenvalue weighted by Gasteiger charge is -2.25. The normalized spacial score (nSPS) is 13.7. The lowest BCUT2D eigenvalue weighted by molar-refractivity contribution is -0.384. The van der Waals surface area contributed by atoms with E-state index in [1.54, 1.807) is 20.8 Å². The number of non-ortho nitro benzene ring substituents is 1. The van der Waals surface area contributed by atoms with E-state index in [1.165, 1.54) is 18.2 Å². The first kappa shape index (κ1) is 18.4. The lowest BCUT2D eigenvalue weighted by atomic mass is 10.0. The summed E-state index contributed by atoms with van der Waals surface area (Å²) in [4.78, 5) is 33.0. The highest BCUT2D eigenvalue weighted by Crippen LogP contribution is 2.23. The third-order valence-electron chi connectivity index (χ3n) is 2.68. The number of benzene rings is 1. The number of rotatable bonds is 5. The number of carbonyl (C=O) groups excluding carboxylic acids is 1. The number of carbonyl (C=O) groups is 2. The third kappa shape index (κ3) is 5.55. The van der Waals surface area contributed by atoms with Gasteiger partial charge in [0.25, 0.3) is 5.69 Å². The van der Waals surface area contributed by atoms with Crippen LogP contribution in [0.15, 0.2) is 24.3 Å². The molecule has 1 aromatic carbocycles. The van der Waals surface area contributed by atoms with Gasteiger partial charge in [0.15, 0.2) is 6.10 Å². The van der Waals surface area contributed by atoms with Gasteiger partial charge in [-0.2, -0.15) is 0 Å². The maximum absolute atomic E-state index is 11.8. The van der Waals surface area contributed by atoms with Crippen molar-refractivity contribution in [3.05, 3.63) is 39.9 Å². The molecule has 0 saturated heterocycles. The highest BCUT2D eigenvalue weighted by Gasteiger charge is 2.31. The molecule has 23 heavy (non-hydrogen) atoms. The molecular formula is C14H18N2O7. The molecule has 0 radical (unpaired) electrons. The van der Waals surface area contributed by atoms with E-state index in [-0.39, 0.29) is 11.3 Å². The Labute approximate surface area is 132 Å². The average molecular weight is 326 g/mol. The molecule has 0 heterocycles. The van der Waals surface area contributed by atoms with Crippen LogP contribution in [0.5, 0.6) is 0 Å². The molecule has 0 bridgehead atoms. The number of carboxylic acid groups (broad SMARTS) is 1. The van der Waals surface area contributed by atoms with Gasteiger partial charge in [0.05, 0.1) is 11.0 Å². The minimum absolute atomic E-state index is 0.0694. The van der Waals surface area contributed by atoms with Crippen molar-refractivity contribution >= 4 is 17.7 Å². The predicted molar refractivity (Wildman–Crippen MR) is 78.8 cm³/mol. The van der Waals surface area contributed by atoms with Crippen molar-refractivity contribution in [2.45, 2.75) is 38.5 Å². The quantitative estimate of drug-likeness (QED) is 0.551. The molecular weight excluding hydrogens is 308 g/mol. The molecule has 0 aliphatic carbocycles. The molecule has 1 rings (SSSR count). The van der Waals surface area contributed by atoms with Crippen molar-refractivity contribution in [2.24, 2.45) is 0 Å². The number of carboxylic acids is 1. The predicted octanol–water partition coefficient (Wildman–Crippen LogP) is 1.61. The Morgan fingerprint density at radius 2 is 1.96 bits per heavy atom. The van der Waals surface area contributed by atoms with E-state index in [9.17, 15) is 24.8 Å². The zero-order valence-electron chi connectivity index (χ0n) is 12.8. The van der Waals surface area contributed by atoms with Gasteiger partial charge in [-0.3, -0.25) is 10.1 Å². The van der Waals surface area contributed by atoms with Crippen LogP contribution in [0, 0.1) is 10.1 Å².